The molecule has 0 saturated carbocycles. The summed E-state index contributed by atoms with van der Waals surface area (Å²) >= 11 is 0. The molecule has 4 rings (SSSR count). The largest absolute Gasteiger partial charge is 0.466 e. The lowest BCUT2D eigenvalue weighted by molar-refractivity contribution is -0.327. The second-order valence-corrected chi connectivity index (χ2v) is 18.1. The van der Waals surface area contributed by atoms with E-state index in [9.17, 15) is 39.3 Å². The number of rotatable bonds is 9. The van der Waals surface area contributed by atoms with E-state index in [0.29, 0.717) is 6.42 Å². The van der Waals surface area contributed by atoms with Crippen LogP contribution < -0.4 is 0 Å². The van der Waals surface area contributed by atoms with Crippen molar-refractivity contribution in [1.29, 1.82) is 0 Å². The van der Waals surface area contributed by atoms with Gasteiger partial charge in [0.2, 0.25) is 5.79 Å². The molecule has 3 N–H and O–H groups in total. The first-order valence-electron chi connectivity index (χ1n) is 21.8. The van der Waals surface area contributed by atoms with Gasteiger partial charge in [0.1, 0.15) is 12.2 Å². The lowest BCUT2D eigenvalue weighted by atomic mass is 9.73. The Morgan fingerprint density at radius 1 is 0.873 bits per heavy atom. The third-order valence-corrected chi connectivity index (χ3v) is 12.2. The average molecular weight is 889 g/mol. The molecule has 0 aromatic heterocycles. The Labute approximate surface area is 370 Å². The van der Waals surface area contributed by atoms with E-state index in [-0.39, 0.29) is 44.1 Å². The van der Waals surface area contributed by atoms with Gasteiger partial charge >= 0.3 is 29.8 Å². The zero-order valence-electron chi connectivity index (χ0n) is 38.1. The minimum Gasteiger partial charge on any atom is -0.466 e. The number of aliphatic hydroxyl groups excluding tert-OH is 2. The highest BCUT2D eigenvalue weighted by Crippen LogP contribution is 2.48. The molecular formula is C47H68O16. The van der Waals surface area contributed by atoms with Gasteiger partial charge in [0.05, 0.1) is 63.4 Å². The molecule has 4 aliphatic heterocycles. The highest BCUT2D eigenvalue weighted by atomic mass is 16.7. The molecule has 3 saturated heterocycles. The minimum absolute atomic E-state index is 0.0109. The first-order valence-corrected chi connectivity index (χ1v) is 21.8. The van der Waals surface area contributed by atoms with Crippen LogP contribution in [0.2, 0.25) is 0 Å². The van der Waals surface area contributed by atoms with Gasteiger partial charge in [-0.1, -0.05) is 77.0 Å². The Bertz CT molecular complexity index is 1770. The highest BCUT2D eigenvalue weighted by molar-refractivity contribution is 5.85. The maximum Gasteiger partial charge on any atom is 0.331 e. The van der Waals surface area contributed by atoms with E-state index in [1.807, 2.05) is 26.8 Å². The molecule has 4 aliphatic rings. The fourth-order valence-corrected chi connectivity index (χ4v) is 8.53. The number of esters is 5. The lowest BCUT2D eigenvalue weighted by Gasteiger charge is -2.51. The van der Waals surface area contributed by atoms with Crippen molar-refractivity contribution in [3.63, 3.8) is 0 Å². The predicted octanol–water partition coefficient (Wildman–Crippen LogP) is 4.96. The van der Waals surface area contributed by atoms with Crippen LogP contribution in [-0.2, 0) is 61.9 Å². The van der Waals surface area contributed by atoms with Crippen LogP contribution in [0.25, 0.3) is 0 Å². The molecule has 0 aliphatic carbocycles. The van der Waals surface area contributed by atoms with Crippen LogP contribution >= 0.6 is 0 Å². The van der Waals surface area contributed by atoms with Crippen LogP contribution in [0.4, 0.5) is 0 Å². The summed E-state index contributed by atoms with van der Waals surface area (Å²) in [5.74, 6) is -5.92. The number of fused-ring (bicyclic) bond motifs is 6. The molecule has 352 valence electrons. The standard InChI is InChI=1S/C47H68O16/c1-10-11-12-13-14-15-40(51)62-44-31(22-42(53)57-9)21-36-25-37(28(2)48)61-43(54)24-32(50)23-35-27-38(58-29(3)49)46(6,7)39(60-35)26-34-19-30(20-41(52)56-8)18-33(59-34)16-17-45(4,5)47(44,55)63-36/h12-17,20,22,28,32-39,44,48,50,55H,10-11,18-19,21,23-27H2,1-9H3/t28-,32-,33-,34+,35+,36+,37+,38+,39+,44+,47-/m1/s1. The summed E-state index contributed by atoms with van der Waals surface area (Å²) in [4.78, 5) is 64.6. The molecule has 0 aromatic carbocycles. The second kappa shape index (κ2) is 22.6. The van der Waals surface area contributed by atoms with Gasteiger partial charge in [-0.2, -0.15) is 0 Å². The summed E-state index contributed by atoms with van der Waals surface area (Å²) in [6.45, 7) is 11.9. The molecule has 0 radical (unpaired) electrons. The van der Waals surface area contributed by atoms with Crippen molar-refractivity contribution in [3.05, 3.63) is 59.8 Å². The van der Waals surface area contributed by atoms with Crippen LogP contribution in [0.1, 0.15) is 113 Å². The molecule has 6 bridgehead atoms. The Kier molecular flexibility index (Phi) is 18.5. The van der Waals surface area contributed by atoms with E-state index in [0.717, 1.165) is 24.5 Å². The number of unbranched alkanes of at least 4 members (excludes halogenated alkanes) is 1. The number of carbonyl (C=O) groups excluding carboxylic acids is 5. The Morgan fingerprint density at radius 2 is 1.57 bits per heavy atom. The van der Waals surface area contributed by atoms with Gasteiger partial charge < -0.3 is 53.2 Å². The second-order valence-electron chi connectivity index (χ2n) is 18.1. The third-order valence-electron chi connectivity index (χ3n) is 12.2. The number of hydrogen-bond acceptors (Lipinski definition) is 16. The van der Waals surface area contributed by atoms with Crippen LogP contribution in [0.3, 0.4) is 0 Å². The number of allylic oxidation sites excluding steroid dienone is 3. The van der Waals surface area contributed by atoms with E-state index in [1.165, 1.54) is 46.3 Å². The molecule has 11 atom stereocenters. The molecule has 0 amide bonds. The Morgan fingerprint density at radius 3 is 2.22 bits per heavy atom. The quantitative estimate of drug-likeness (QED) is 0.0916. The van der Waals surface area contributed by atoms with Gasteiger partial charge in [0, 0.05) is 61.7 Å². The van der Waals surface area contributed by atoms with E-state index in [1.54, 1.807) is 32.1 Å². The van der Waals surface area contributed by atoms with Crippen molar-refractivity contribution in [2.75, 3.05) is 14.2 Å². The summed E-state index contributed by atoms with van der Waals surface area (Å²) < 4.78 is 47.2. The fourth-order valence-electron chi connectivity index (χ4n) is 8.53. The van der Waals surface area contributed by atoms with Crippen molar-refractivity contribution in [2.24, 2.45) is 10.8 Å². The van der Waals surface area contributed by atoms with Gasteiger partial charge in [-0.3, -0.25) is 9.59 Å². The molecule has 3 fully saturated rings. The molecule has 16 nitrogen and oxygen atoms in total. The van der Waals surface area contributed by atoms with Crippen molar-refractivity contribution in [3.8, 4) is 0 Å². The normalized spacial score (nSPS) is 34.5. The van der Waals surface area contributed by atoms with E-state index in [2.05, 4.69) is 0 Å². The molecule has 16 heteroatoms. The smallest absolute Gasteiger partial charge is 0.331 e. The zero-order valence-corrected chi connectivity index (χ0v) is 38.1. The van der Waals surface area contributed by atoms with Crippen LogP contribution in [-0.4, -0.2) is 126 Å². The number of ether oxygens (including phenoxy) is 8. The monoisotopic (exact) mass is 888 g/mol. The maximum absolute atomic E-state index is 13.4. The summed E-state index contributed by atoms with van der Waals surface area (Å²) in [5.41, 5.74) is -1.35. The van der Waals surface area contributed by atoms with Crippen molar-refractivity contribution >= 4 is 29.8 Å². The SMILES string of the molecule is CCCC=CC=CC(=O)O[C@H]1C(=CC(=O)OC)C[C@H]2C[C@@H]([C@@H](C)O)OC(=O)C[C@H](O)C[C@H]3C[C@H](OC(C)=O)C(C)(C)[C@H](C[C@@H]4CC(=CC(=O)OC)C[C@@H](C=CC(C)(C)[C@]1(O)O2)O4)O3. The number of aliphatic hydroxyl groups is 3. The number of methoxy groups -OCH3 is 2. The Hall–Kier alpha value is -4.19. The summed E-state index contributed by atoms with van der Waals surface area (Å²) in [6.07, 6.45) is 4.80. The van der Waals surface area contributed by atoms with Crippen LogP contribution in [0, 0.1) is 10.8 Å². The predicted molar refractivity (Wildman–Crippen MR) is 227 cm³/mol. The molecular weight excluding hydrogens is 821 g/mol. The molecule has 0 spiro atoms. The maximum atomic E-state index is 13.4. The van der Waals surface area contributed by atoms with Gasteiger partial charge in [-0.05, 0) is 38.2 Å². The fraction of sp³-hybridized carbons (Fsp3) is 0.681. The van der Waals surface area contributed by atoms with E-state index in [4.69, 9.17) is 37.9 Å². The lowest BCUT2D eigenvalue weighted by Crippen LogP contribution is -2.62. The number of cyclic esters (lactones) is 1. The molecule has 4 heterocycles. The van der Waals surface area contributed by atoms with Crippen molar-refractivity contribution in [2.45, 2.75) is 180 Å². The first-order chi connectivity index (χ1) is 29.6. The number of hydrogen-bond donors (Lipinski definition) is 3. The van der Waals surface area contributed by atoms with Crippen LogP contribution in [0.15, 0.2) is 59.8 Å². The molecule has 63 heavy (non-hydrogen) atoms. The van der Waals surface area contributed by atoms with Gasteiger partial charge in [-0.15, -0.1) is 0 Å². The Balaban J connectivity index is 1.86. The minimum atomic E-state index is -2.42. The average Bonchev–Trinajstić information content (AvgIpc) is 3.19. The van der Waals surface area contributed by atoms with Crippen molar-refractivity contribution < 1.29 is 77.2 Å². The summed E-state index contributed by atoms with van der Waals surface area (Å²) in [6, 6.07) is 0. The van der Waals surface area contributed by atoms with E-state index < -0.39 is 114 Å². The molecule has 0 aromatic rings. The van der Waals surface area contributed by atoms with Gasteiger partial charge in [-0.25, -0.2) is 14.4 Å². The van der Waals surface area contributed by atoms with Gasteiger partial charge in [0.25, 0.3) is 0 Å². The summed E-state index contributed by atoms with van der Waals surface area (Å²) in [5, 5.41) is 35.1. The van der Waals surface area contributed by atoms with Gasteiger partial charge in [0.15, 0.2) is 6.10 Å². The first kappa shape index (κ1) is 51.4. The van der Waals surface area contributed by atoms with E-state index >= 15 is 0 Å². The highest BCUT2D eigenvalue weighted by Gasteiger charge is 2.58. The van der Waals surface area contributed by atoms with Crippen LogP contribution in [0.5, 0.6) is 0 Å². The topological polar surface area (TPSA) is 220 Å². The zero-order chi connectivity index (χ0) is 46.7. The van der Waals surface area contributed by atoms with Crippen molar-refractivity contribution in [1.82, 2.24) is 0 Å². The number of carbonyl (C=O) groups is 5. The summed E-state index contributed by atoms with van der Waals surface area (Å²) in [7, 11) is 2.46. The molecule has 0 unspecified atom stereocenters. The third kappa shape index (κ3) is 14.1.